The van der Waals surface area contributed by atoms with Crippen molar-refractivity contribution in [3.63, 3.8) is 0 Å². The van der Waals surface area contributed by atoms with Gasteiger partial charge in [-0.2, -0.15) is 0 Å². The molecule has 0 bridgehead atoms. The Hall–Kier alpha value is -3.60. The molecule has 0 spiro atoms. The third-order valence-corrected chi connectivity index (χ3v) is 3.66. The summed E-state index contributed by atoms with van der Waals surface area (Å²) in [5, 5.41) is 0. The van der Waals surface area contributed by atoms with Gasteiger partial charge in [-0.1, -0.05) is 24.3 Å². The number of esters is 1. The van der Waals surface area contributed by atoms with Gasteiger partial charge in [-0.15, -0.1) is 0 Å². The van der Waals surface area contributed by atoms with Gasteiger partial charge in [0.2, 0.25) is 5.90 Å². The zero-order chi connectivity index (χ0) is 17.1. The molecule has 0 radical (unpaired) electrons. The number of ether oxygens (including phenoxy) is 1. The maximum atomic E-state index is 12.1. The molecule has 0 saturated heterocycles. The molecular weight excluding hydrogens is 314 g/mol. The molecule has 1 aliphatic rings. The van der Waals surface area contributed by atoms with Crippen LogP contribution in [-0.2, 0) is 9.53 Å². The van der Waals surface area contributed by atoms with E-state index in [0.29, 0.717) is 5.90 Å². The van der Waals surface area contributed by atoms with Crippen molar-refractivity contribution in [1.29, 1.82) is 0 Å². The molecule has 0 fully saturated rings. The molecule has 0 unspecified atom stereocenters. The molecule has 25 heavy (non-hydrogen) atoms. The number of cyclic esters (lactones) is 1. The number of aromatic nitrogens is 2. The zero-order valence-electron chi connectivity index (χ0n) is 13.2. The van der Waals surface area contributed by atoms with Crippen LogP contribution in [0, 0.1) is 0 Å². The molecule has 1 aromatic carbocycles. The van der Waals surface area contributed by atoms with Gasteiger partial charge in [0, 0.05) is 18.0 Å². The van der Waals surface area contributed by atoms with Crippen molar-refractivity contribution in [1.82, 2.24) is 9.97 Å². The summed E-state index contributed by atoms with van der Waals surface area (Å²) in [4.78, 5) is 25.0. The number of rotatable bonds is 3. The smallest absolute Gasteiger partial charge is 0.363 e. The van der Waals surface area contributed by atoms with Gasteiger partial charge in [-0.05, 0) is 48.0 Å². The van der Waals surface area contributed by atoms with Gasteiger partial charge < -0.3 is 4.74 Å². The third kappa shape index (κ3) is 3.21. The van der Waals surface area contributed by atoms with E-state index >= 15 is 0 Å². The molecule has 2 aromatic heterocycles. The van der Waals surface area contributed by atoms with Gasteiger partial charge in [0.25, 0.3) is 0 Å². The number of pyridine rings is 2. The van der Waals surface area contributed by atoms with E-state index in [4.69, 9.17) is 4.74 Å². The van der Waals surface area contributed by atoms with Crippen LogP contribution in [0.1, 0.15) is 11.1 Å². The van der Waals surface area contributed by atoms with Crippen LogP contribution in [0.2, 0.25) is 0 Å². The molecule has 0 N–H and O–H groups in total. The van der Waals surface area contributed by atoms with Gasteiger partial charge in [-0.25, -0.2) is 9.79 Å². The average Bonchev–Trinajstić information content (AvgIpc) is 3.04. The minimum absolute atomic E-state index is 0.261. The lowest BCUT2D eigenvalue weighted by atomic mass is 10.1. The summed E-state index contributed by atoms with van der Waals surface area (Å²) >= 11 is 0. The number of hydrogen-bond acceptors (Lipinski definition) is 5. The van der Waals surface area contributed by atoms with E-state index < -0.39 is 5.97 Å². The molecule has 3 aromatic rings. The third-order valence-electron chi connectivity index (χ3n) is 3.66. The van der Waals surface area contributed by atoms with Crippen molar-refractivity contribution in [2.45, 2.75) is 0 Å². The molecule has 0 aliphatic carbocycles. The highest BCUT2D eigenvalue weighted by atomic mass is 16.6. The lowest BCUT2D eigenvalue weighted by Gasteiger charge is -2.00. The highest BCUT2D eigenvalue weighted by molar-refractivity contribution is 6.12. The minimum Gasteiger partial charge on any atom is -0.402 e. The zero-order valence-corrected chi connectivity index (χ0v) is 13.2. The van der Waals surface area contributed by atoms with E-state index in [2.05, 4.69) is 15.0 Å². The molecule has 0 saturated carbocycles. The minimum atomic E-state index is -0.463. The Morgan fingerprint density at radius 1 is 0.840 bits per heavy atom. The Morgan fingerprint density at radius 2 is 1.64 bits per heavy atom. The van der Waals surface area contributed by atoms with E-state index in [9.17, 15) is 4.79 Å². The molecule has 3 heterocycles. The van der Waals surface area contributed by atoms with Gasteiger partial charge in [0.15, 0.2) is 5.70 Å². The van der Waals surface area contributed by atoms with Crippen molar-refractivity contribution in [2.75, 3.05) is 0 Å². The topological polar surface area (TPSA) is 64.4 Å². The molecular formula is C20H13N3O2. The van der Waals surface area contributed by atoms with Crippen LogP contribution in [0.3, 0.4) is 0 Å². The summed E-state index contributed by atoms with van der Waals surface area (Å²) in [5.41, 5.74) is 3.33. The summed E-state index contributed by atoms with van der Waals surface area (Å²) in [7, 11) is 0. The fraction of sp³-hybridized carbons (Fsp3) is 0. The van der Waals surface area contributed by atoms with E-state index in [-0.39, 0.29) is 5.70 Å². The second-order valence-electron chi connectivity index (χ2n) is 5.39. The van der Waals surface area contributed by atoms with Gasteiger partial charge in [0.1, 0.15) is 0 Å². The molecule has 5 nitrogen and oxygen atoms in total. The fourth-order valence-electron chi connectivity index (χ4n) is 2.46. The predicted molar refractivity (Wildman–Crippen MR) is 94.5 cm³/mol. The maximum absolute atomic E-state index is 12.1. The molecule has 5 heteroatoms. The first-order valence-electron chi connectivity index (χ1n) is 7.75. The number of carbonyl (C=O) groups excluding carboxylic acids is 1. The van der Waals surface area contributed by atoms with E-state index in [1.807, 2.05) is 60.7 Å². The van der Waals surface area contributed by atoms with Crippen LogP contribution in [0.15, 0.2) is 83.7 Å². The van der Waals surface area contributed by atoms with Gasteiger partial charge in [-0.3, -0.25) is 9.97 Å². The van der Waals surface area contributed by atoms with Crippen LogP contribution >= 0.6 is 0 Å². The summed E-state index contributed by atoms with van der Waals surface area (Å²) < 4.78 is 5.26. The average molecular weight is 327 g/mol. The maximum Gasteiger partial charge on any atom is 0.363 e. The fourth-order valence-corrected chi connectivity index (χ4v) is 2.46. The summed E-state index contributed by atoms with van der Waals surface area (Å²) in [6.45, 7) is 0. The van der Waals surface area contributed by atoms with Crippen molar-refractivity contribution >= 4 is 17.9 Å². The normalized spacial score (nSPS) is 15.1. The number of nitrogens with zero attached hydrogens (tertiary/aromatic N) is 3. The quantitative estimate of drug-likeness (QED) is 0.546. The molecule has 0 amide bonds. The van der Waals surface area contributed by atoms with Gasteiger partial charge in [0.05, 0.1) is 11.4 Å². The first kappa shape index (κ1) is 15.0. The van der Waals surface area contributed by atoms with Crippen LogP contribution in [0.25, 0.3) is 17.5 Å². The molecule has 1 aliphatic heterocycles. The van der Waals surface area contributed by atoms with Crippen molar-refractivity contribution in [3.05, 3.63) is 89.9 Å². The number of hydrogen-bond donors (Lipinski definition) is 0. The first-order valence-corrected chi connectivity index (χ1v) is 7.75. The largest absolute Gasteiger partial charge is 0.402 e. The van der Waals surface area contributed by atoms with Crippen molar-refractivity contribution in [2.24, 2.45) is 4.99 Å². The van der Waals surface area contributed by atoms with Crippen LogP contribution < -0.4 is 0 Å². The van der Waals surface area contributed by atoms with E-state index in [0.717, 1.165) is 22.5 Å². The Kier molecular flexibility index (Phi) is 3.88. The Morgan fingerprint density at radius 3 is 2.44 bits per heavy atom. The standard InChI is InChI=1S/C20H13N3O2/c24-20-18(23-19(25-20)15-6-2-1-3-7-15)13-14-9-11-22-17(12-14)16-8-4-5-10-21-16/h1-13H/b18-13-. The summed E-state index contributed by atoms with van der Waals surface area (Å²) in [5.74, 6) is -0.147. The Labute approximate surface area is 144 Å². The molecule has 120 valence electrons. The van der Waals surface area contributed by atoms with E-state index in [1.165, 1.54) is 0 Å². The second kappa shape index (κ2) is 6.49. The number of carbonyl (C=O) groups is 1. The number of aliphatic imine (C=N–C) groups is 1. The SMILES string of the molecule is O=C1OC(c2ccccc2)=N/C1=C\c1ccnc(-c2ccccn2)c1. The lowest BCUT2D eigenvalue weighted by Crippen LogP contribution is -2.04. The van der Waals surface area contributed by atoms with Crippen LogP contribution in [-0.4, -0.2) is 21.8 Å². The van der Waals surface area contributed by atoms with Gasteiger partial charge >= 0.3 is 5.97 Å². The Bertz CT molecular complexity index is 980. The number of benzene rings is 1. The first-order chi connectivity index (χ1) is 12.3. The Balaban J connectivity index is 1.67. The second-order valence-corrected chi connectivity index (χ2v) is 5.39. The monoisotopic (exact) mass is 327 g/mol. The lowest BCUT2D eigenvalue weighted by molar-refractivity contribution is -0.129. The molecule has 4 rings (SSSR count). The van der Waals surface area contributed by atoms with Crippen LogP contribution in [0.5, 0.6) is 0 Å². The summed E-state index contributed by atoms with van der Waals surface area (Å²) in [6, 6.07) is 18.6. The van der Waals surface area contributed by atoms with E-state index in [1.54, 1.807) is 18.5 Å². The highest BCUT2D eigenvalue weighted by Gasteiger charge is 2.23. The predicted octanol–water partition coefficient (Wildman–Crippen LogP) is 3.49. The van der Waals surface area contributed by atoms with Crippen molar-refractivity contribution in [3.8, 4) is 11.4 Å². The molecule has 0 atom stereocenters. The summed E-state index contributed by atoms with van der Waals surface area (Å²) in [6.07, 6.45) is 5.08. The van der Waals surface area contributed by atoms with Crippen molar-refractivity contribution < 1.29 is 9.53 Å². The van der Waals surface area contributed by atoms with Crippen LogP contribution in [0.4, 0.5) is 0 Å². The highest BCUT2D eigenvalue weighted by Crippen LogP contribution is 2.21.